The van der Waals surface area contributed by atoms with Crippen molar-refractivity contribution in [1.29, 1.82) is 0 Å². The predicted octanol–water partition coefficient (Wildman–Crippen LogP) is 2.10. The summed E-state index contributed by atoms with van der Waals surface area (Å²) < 4.78 is 2.01. The van der Waals surface area contributed by atoms with Gasteiger partial charge in [-0.3, -0.25) is 14.5 Å². The molecule has 6 nitrogen and oxygen atoms in total. The highest BCUT2D eigenvalue weighted by Crippen LogP contribution is 2.24. The van der Waals surface area contributed by atoms with Crippen molar-refractivity contribution in [3.05, 3.63) is 48.3 Å². The molecule has 134 valence electrons. The lowest BCUT2D eigenvalue weighted by atomic mass is 10.2. The maximum absolute atomic E-state index is 12.2. The number of nitrogens with zero attached hydrogens (tertiary/aromatic N) is 2. The number of aryl methyl sites for hydroxylation is 1. The highest BCUT2D eigenvalue weighted by molar-refractivity contribution is 7.98. The molecule has 25 heavy (non-hydrogen) atoms. The van der Waals surface area contributed by atoms with Crippen molar-refractivity contribution in [2.45, 2.75) is 10.9 Å². The number of carbonyl (C=O) groups excluding carboxylic acids is 2. The Kier molecular flexibility index (Phi) is 6.66. The fourth-order valence-electron chi connectivity index (χ4n) is 2.57. The molecule has 0 fully saturated rings. The van der Waals surface area contributed by atoms with E-state index >= 15 is 0 Å². The molecule has 0 spiro atoms. The number of anilines is 1. The van der Waals surface area contributed by atoms with E-state index in [9.17, 15) is 9.59 Å². The van der Waals surface area contributed by atoms with E-state index in [1.54, 1.807) is 6.07 Å². The molecule has 1 aromatic carbocycles. The average Bonchev–Trinajstić information content (AvgIpc) is 3.01. The third-order valence-electron chi connectivity index (χ3n) is 3.97. The molecule has 0 aliphatic carbocycles. The van der Waals surface area contributed by atoms with E-state index < -0.39 is 11.8 Å². The molecule has 7 heteroatoms. The summed E-state index contributed by atoms with van der Waals surface area (Å²) in [5, 5.41) is 5.39. The Labute approximate surface area is 152 Å². The van der Waals surface area contributed by atoms with E-state index in [1.807, 2.05) is 73.4 Å². The Balaban J connectivity index is 1.98. The van der Waals surface area contributed by atoms with E-state index in [1.165, 1.54) is 11.8 Å². The first-order valence-corrected chi connectivity index (χ1v) is 9.16. The number of hydrogen-bond acceptors (Lipinski definition) is 4. The molecule has 0 radical (unpaired) electrons. The fourth-order valence-corrected chi connectivity index (χ4v) is 3.12. The maximum atomic E-state index is 12.2. The smallest absolute Gasteiger partial charge is 0.313 e. The minimum atomic E-state index is -0.661. The van der Waals surface area contributed by atoms with Crippen LogP contribution in [0, 0.1) is 0 Å². The van der Waals surface area contributed by atoms with E-state index in [-0.39, 0.29) is 6.04 Å². The van der Waals surface area contributed by atoms with Gasteiger partial charge in [-0.25, -0.2) is 0 Å². The molecule has 2 rings (SSSR count). The number of benzene rings is 1. The SMILES string of the molecule is CSc1ccccc1NC(=O)C(=O)NCC(c1cccn1C)N(C)C. The summed E-state index contributed by atoms with van der Waals surface area (Å²) in [6, 6.07) is 11.3. The number of para-hydroxylation sites is 1. The van der Waals surface area contributed by atoms with Gasteiger partial charge in [-0.2, -0.15) is 0 Å². The van der Waals surface area contributed by atoms with Crippen LogP contribution in [0.5, 0.6) is 0 Å². The number of nitrogens with one attached hydrogen (secondary N) is 2. The maximum Gasteiger partial charge on any atom is 0.313 e. The van der Waals surface area contributed by atoms with E-state index in [2.05, 4.69) is 10.6 Å². The number of rotatable bonds is 6. The van der Waals surface area contributed by atoms with E-state index in [4.69, 9.17) is 0 Å². The van der Waals surface area contributed by atoms with Crippen molar-refractivity contribution >= 4 is 29.3 Å². The zero-order valence-corrected chi connectivity index (χ0v) is 15.8. The second-order valence-electron chi connectivity index (χ2n) is 5.89. The Morgan fingerprint density at radius 3 is 2.48 bits per heavy atom. The molecule has 1 heterocycles. The van der Waals surface area contributed by atoms with Gasteiger partial charge in [0.1, 0.15) is 0 Å². The molecule has 2 amide bonds. The minimum absolute atomic E-state index is 0.0183. The van der Waals surface area contributed by atoms with Crippen LogP contribution in [0.4, 0.5) is 5.69 Å². The van der Waals surface area contributed by atoms with Gasteiger partial charge in [0.05, 0.1) is 11.7 Å². The molecular formula is C18H24N4O2S. The standard InChI is InChI=1S/C18H24N4O2S/c1-21(2)15(14-9-7-11-22(14)3)12-19-17(23)18(24)20-13-8-5-6-10-16(13)25-4/h5-11,15H,12H2,1-4H3,(H,19,23)(H,20,24). The molecule has 1 aromatic heterocycles. The molecular weight excluding hydrogens is 336 g/mol. The van der Waals surface area contributed by atoms with Crippen LogP contribution in [0.25, 0.3) is 0 Å². The zero-order valence-electron chi connectivity index (χ0n) is 14.9. The van der Waals surface area contributed by atoms with Gasteiger partial charge in [0.15, 0.2) is 0 Å². The number of amides is 2. The van der Waals surface area contributed by atoms with Crippen LogP contribution in [0.2, 0.25) is 0 Å². The summed E-state index contributed by atoms with van der Waals surface area (Å²) in [7, 11) is 5.84. The number of hydrogen-bond donors (Lipinski definition) is 2. The van der Waals surface area contributed by atoms with Crippen molar-refractivity contribution in [3.8, 4) is 0 Å². The van der Waals surface area contributed by atoms with Crippen LogP contribution in [-0.4, -0.2) is 48.2 Å². The topological polar surface area (TPSA) is 66.4 Å². The lowest BCUT2D eigenvalue weighted by molar-refractivity contribution is -0.136. The highest BCUT2D eigenvalue weighted by atomic mass is 32.2. The van der Waals surface area contributed by atoms with E-state index in [0.717, 1.165) is 10.6 Å². The number of carbonyl (C=O) groups is 2. The van der Waals surface area contributed by atoms with Gasteiger partial charge < -0.3 is 15.2 Å². The summed E-state index contributed by atoms with van der Waals surface area (Å²) in [6.07, 6.45) is 3.88. The first-order chi connectivity index (χ1) is 11.9. The molecule has 2 N–H and O–H groups in total. The van der Waals surface area contributed by atoms with E-state index in [0.29, 0.717) is 12.2 Å². The third kappa shape index (κ3) is 4.87. The van der Waals surface area contributed by atoms with Crippen LogP contribution < -0.4 is 10.6 Å². The number of aromatic nitrogens is 1. The van der Waals surface area contributed by atoms with Crippen LogP contribution in [-0.2, 0) is 16.6 Å². The Morgan fingerprint density at radius 1 is 1.16 bits per heavy atom. The predicted molar refractivity (Wildman–Crippen MR) is 102 cm³/mol. The average molecular weight is 360 g/mol. The van der Waals surface area contributed by atoms with Crippen molar-refractivity contribution in [3.63, 3.8) is 0 Å². The first-order valence-electron chi connectivity index (χ1n) is 7.94. The zero-order chi connectivity index (χ0) is 18.4. The Bertz CT molecular complexity index is 742. The van der Waals surface area contributed by atoms with Gasteiger partial charge in [0.25, 0.3) is 0 Å². The molecule has 1 unspecified atom stereocenters. The third-order valence-corrected chi connectivity index (χ3v) is 4.76. The lowest BCUT2D eigenvalue weighted by Crippen LogP contribution is -2.40. The van der Waals surface area contributed by atoms with Crippen molar-refractivity contribution in [2.24, 2.45) is 7.05 Å². The van der Waals surface area contributed by atoms with Gasteiger partial charge in [-0.1, -0.05) is 12.1 Å². The first kappa shape index (κ1) is 19.1. The molecule has 1 atom stereocenters. The molecule has 0 aliphatic rings. The lowest BCUT2D eigenvalue weighted by Gasteiger charge is -2.25. The molecule has 0 bridgehead atoms. The Hall–Kier alpha value is -2.25. The molecule has 2 aromatic rings. The van der Waals surface area contributed by atoms with Crippen LogP contribution in [0.15, 0.2) is 47.5 Å². The summed E-state index contributed by atoms with van der Waals surface area (Å²) in [5.74, 6) is -1.30. The normalized spacial score (nSPS) is 12.0. The molecule has 0 saturated carbocycles. The van der Waals surface area contributed by atoms with Gasteiger partial charge in [-0.15, -0.1) is 11.8 Å². The van der Waals surface area contributed by atoms with Gasteiger partial charge in [0, 0.05) is 30.4 Å². The van der Waals surface area contributed by atoms with Gasteiger partial charge in [0.2, 0.25) is 0 Å². The van der Waals surface area contributed by atoms with Gasteiger partial charge in [-0.05, 0) is 44.6 Å². The second kappa shape index (κ2) is 8.73. The van der Waals surface area contributed by atoms with Gasteiger partial charge >= 0.3 is 11.8 Å². The quantitative estimate of drug-likeness (QED) is 0.612. The monoisotopic (exact) mass is 360 g/mol. The summed E-state index contributed by atoms with van der Waals surface area (Å²) in [5.41, 5.74) is 1.71. The van der Waals surface area contributed by atoms with Crippen molar-refractivity contribution in [1.82, 2.24) is 14.8 Å². The summed E-state index contributed by atoms with van der Waals surface area (Å²) >= 11 is 1.52. The minimum Gasteiger partial charge on any atom is -0.353 e. The number of thioether (sulfide) groups is 1. The second-order valence-corrected chi connectivity index (χ2v) is 6.74. The highest BCUT2D eigenvalue weighted by Gasteiger charge is 2.20. The van der Waals surface area contributed by atoms with Crippen molar-refractivity contribution in [2.75, 3.05) is 32.2 Å². The molecule has 0 aliphatic heterocycles. The van der Waals surface area contributed by atoms with Crippen molar-refractivity contribution < 1.29 is 9.59 Å². The summed E-state index contributed by atoms with van der Waals surface area (Å²) in [4.78, 5) is 27.3. The summed E-state index contributed by atoms with van der Waals surface area (Å²) in [6.45, 7) is 0.348. The Morgan fingerprint density at radius 2 is 1.88 bits per heavy atom. The van der Waals surface area contributed by atoms with Crippen LogP contribution in [0.3, 0.4) is 0 Å². The molecule has 0 saturated heterocycles. The number of likely N-dealkylation sites (N-methyl/N-ethyl adjacent to an activating group) is 1. The fraction of sp³-hybridized carbons (Fsp3) is 0.333. The van der Waals surface area contributed by atoms with Crippen LogP contribution in [0.1, 0.15) is 11.7 Å². The largest absolute Gasteiger partial charge is 0.353 e. The van der Waals surface area contributed by atoms with Crippen LogP contribution >= 0.6 is 11.8 Å².